The van der Waals surface area contributed by atoms with Gasteiger partial charge in [0.25, 0.3) is 5.92 Å². The molecule has 0 spiro atoms. The van der Waals surface area contributed by atoms with Gasteiger partial charge in [-0.1, -0.05) is 38.0 Å². The van der Waals surface area contributed by atoms with Crippen molar-refractivity contribution in [3.63, 3.8) is 0 Å². The van der Waals surface area contributed by atoms with Gasteiger partial charge >= 0.3 is 0 Å². The molecule has 0 aliphatic carbocycles. The molecule has 0 heterocycles. The second-order valence-electron chi connectivity index (χ2n) is 2.53. The van der Waals surface area contributed by atoms with Gasteiger partial charge in [0.05, 0.1) is 0 Å². The molecular weight excluding hydrogens is 158 g/mol. The van der Waals surface area contributed by atoms with Gasteiger partial charge in [-0.3, -0.25) is 0 Å². The Bertz CT molecular complexity index is 229. The fourth-order valence-electron chi connectivity index (χ4n) is 0.422. The summed E-state index contributed by atoms with van der Waals surface area (Å²) in [6.45, 7) is 11.0. The van der Waals surface area contributed by atoms with E-state index in [9.17, 15) is 8.78 Å². The van der Waals surface area contributed by atoms with Crippen molar-refractivity contribution in [1.82, 2.24) is 0 Å². The van der Waals surface area contributed by atoms with E-state index in [4.69, 9.17) is 0 Å². The standard InChI is InChI=1S/C10H12F2/c1-5-8(2)6-7-9(3)10(4,11)12/h5-7H,1-3H2,4H3. The first-order chi connectivity index (χ1) is 5.38. The number of allylic oxidation sites excluding steroid dienone is 5. The Morgan fingerprint density at radius 3 is 2.08 bits per heavy atom. The highest BCUT2D eigenvalue weighted by atomic mass is 19.3. The lowest BCUT2D eigenvalue weighted by molar-refractivity contribution is 0.0680. The fourth-order valence-corrected chi connectivity index (χ4v) is 0.422. The third-order valence-electron chi connectivity index (χ3n) is 1.32. The molecule has 66 valence electrons. The van der Waals surface area contributed by atoms with Crippen LogP contribution >= 0.6 is 0 Å². The van der Waals surface area contributed by atoms with E-state index in [0.717, 1.165) is 6.92 Å². The quantitative estimate of drug-likeness (QED) is 0.566. The first-order valence-electron chi connectivity index (χ1n) is 3.44. The van der Waals surface area contributed by atoms with Crippen LogP contribution in [0.3, 0.4) is 0 Å². The van der Waals surface area contributed by atoms with Crippen LogP contribution < -0.4 is 0 Å². The lowest BCUT2D eigenvalue weighted by atomic mass is 10.1. The van der Waals surface area contributed by atoms with E-state index in [2.05, 4.69) is 19.7 Å². The van der Waals surface area contributed by atoms with Crippen LogP contribution in [-0.4, -0.2) is 5.92 Å². The summed E-state index contributed by atoms with van der Waals surface area (Å²) in [5, 5.41) is 0. The Labute approximate surface area is 71.6 Å². The zero-order chi connectivity index (χ0) is 9.78. The Morgan fingerprint density at radius 2 is 1.75 bits per heavy atom. The average molecular weight is 170 g/mol. The first-order valence-corrected chi connectivity index (χ1v) is 3.44. The van der Waals surface area contributed by atoms with Crippen LogP contribution in [0.1, 0.15) is 6.92 Å². The molecule has 0 saturated carbocycles. The molecule has 0 nitrogen and oxygen atoms in total. The van der Waals surface area contributed by atoms with E-state index in [1.54, 1.807) is 0 Å². The second kappa shape index (κ2) is 4.00. The highest BCUT2D eigenvalue weighted by Crippen LogP contribution is 2.22. The summed E-state index contributed by atoms with van der Waals surface area (Å²) in [7, 11) is 0. The molecular formula is C10H12F2. The number of halogens is 2. The van der Waals surface area contributed by atoms with Crippen LogP contribution in [0.4, 0.5) is 8.78 Å². The summed E-state index contributed by atoms with van der Waals surface area (Å²) in [5.41, 5.74) is 0.353. The summed E-state index contributed by atoms with van der Waals surface area (Å²) in [5.74, 6) is -2.86. The molecule has 0 atom stereocenters. The van der Waals surface area contributed by atoms with E-state index in [1.807, 2.05) is 0 Å². The maximum absolute atomic E-state index is 12.5. The predicted molar refractivity (Wildman–Crippen MR) is 48.2 cm³/mol. The van der Waals surface area contributed by atoms with Gasteiger partial charge in [-0.05, 0) is 5.57 Å². The minimum absolute atomic E-state index is 0.231. The molecule has 0 aliphatic rings. The largest absolute Gasteiger partial charge is 0.269 e. The van der Waals surface area contributed by atoms with Gasteiger partial charge in [0.2, 0.25) is 0 Å². The maximum Gasteiger partial charge on any atom is 0.269 e. The van der Waals surface area contributed by atoms with E-state index in [0.29, 0.717) is 5.57 Å². The van der Waals surface area contributed by atoms with Crippen molar-refractivity contribution in [2.24, 2.45) is 0 Å². The van der Waals surface area contributed by atoms with Crippen molar-refractivity contribution >= 4 is 0 Å². The summed E-state index contributed by atoms with van der Waals surface area (Å²) < 4.78 is 24.9. The highest BCUT2D eigenvalue weighted by Gasteiger charge is 2.22. The summed E-state index contributed by atoms with van der Waals surface area (Å²) >= 11 is 0. The van der Waals surface area contributed by atoms with Crippen molar-refractivity contribution in [1.29, 1.82) is 0 Å². The molecule has 2 heteroatoms. The van der Waals surface area contributed by atoms with Crippen molar-refractivity contribution < 1.29 is 8.78 Å². The Kier molecular flexibility index (Phi) is 3.61. The summed E-state index contributed by atoms with van der Waals surface area (Å²) in [6, 6.07) is 0. The van der Waals surface area contributed by atoms with Crippen LogP contribution in [0.5, 0.6) is 0 Å². The molecule has 0 amide bonds. The van der Waals surface area contributed by atoms with Crippen LogP contribution in [0.15, 0.2) is 49.1 Å². The molecule has 0 fully saturated rings. The van der Waals surface area contributed by atoms with Crippen LogP contribution in [0.2, 0.25) is 0 Å². The third kappa shape index (κ3) is 3.86. The normalized spacial score (nSPS) is 11.6. The number of hydrogen-bond donors (Lipinski definition) is 0. The van der Waals surface area contributed by atoms with E-state index in [1.165, 1.54) is 18.2 Å². The SMILES string of the molecule is C=CC(=C)C=CC(=C)C(C)(F)F. The van der Waals surface area contributed by atoms with Gasteiger partial charge in [0.1, 0.15) is 0 Å². The van der Waals surface area contributed by atoms with Crippen LogP contribution in [0, 0.1) is 0 Å². The van der Waals surface area contributed by atoms with Crippen molar-refractivity contribution in [2.45, 2.75) is 12.8 Å². The van der Waals surface area contributed by atoms with Gasteiger partial charge in [-0.15, -0.1) is 0 Å². The lowest BCUT2D eigenvalue weighted by Crippen LogP contribution is -2.10. The topological polar surface area (TPSA) is 0 Å². The highest BCUT2D eigenvalue weighted by molar-refractivity contribution is 5.32. The Morgan fingerprint density at radius 1 is 1.25 bits per heavy atom. The molecule has 0 aliphatic heterocycles. The maximum atomic E-state index is 12.5. The molecule has 0 bridgehead atoms. The monoisotopic (exact) mass is 170 g/mol. The summed E-state index contributed by atoms with van der Waals surface area (Å²) in [6.07, 6.45) is 4.17. The van der Waals surface area contributed by atoms with Gasteiger partial charge in [-0.25, -0.2) is 8.78 Å². The number of rotatable bonds is 4. The van der Waals surface area contributed by atoms with E-state index in [-0.39, 0.29) is 5.57 Å². The molecule has 0 aromatic rings. The van der Waals surface area contributed by atoms with Crippen LogP contribution in [-0.2, 0) is 0 Å². The lowest BCUT2D eigenvalue weighted by Gasteiger charge is -2.08. The van der Waals surface area contributed by atoms with Crippen molar-refractivity contribution in [3.8, 4) is 0 Å². The van der Waals surface area contributed by atoms with Gasteiger partial charge in [-0.2, -0.15) is 0 Å². The molecule has 0 aromatic heterocycles. The molecule has 0 radical (unpaired) electrons. The van der Waals surface area contributed by atoms with Crippen molar-refractivity contribution in [3.05, 3.63) is 49.1 Å². The smallest absolute Gasteiger partial charge is 0.202 e. The molecule has 0 unspecified atom stereocenters. The zero-order valence-electron chi connectivity index (χ0n) is 7.11. The minimum atomic E-state index is -2.86. The van der Waals surface area contributed by atoms with Gasteiger partial charge in [0, 0.05) is 12.5 Å². The second-order valence-corrected chi connectivity index (χ2v) is 2.53. The molecule has 0 saturated heterocycles. The molecule has 0 N–H and O–H groups in total. The zero-order valence-corrected chi connectivity index (χ0v) is 7.11. The van der Waals surface area contributed by atoms with E-state index < -0.39 is 5.92 Å². The number of hydrogen-bond acceptors (Lipinski definition) is 0. The fraction of sp³-hybridized carbons (Fsp3) is 0.200. The van der Waals surface area contributed by atoms with E-state index >= 15 is 0 Å². The van der Waals surface area contributed by atoms with Crippen molar-refractivity contribution in [2.75, 3.05) is 0 Å². The summed E-state index contributed by atoms with van der Waals surface area (Å²) in [4.78, 5) is 0. The number of alkyl halides is 2. The molecule has 0 rings (SSSR count). The average Bonchev–Trinajstić information content (AvgIpc) is 1.97. The third-order valence-corrected chi connectivity index (χ3v) is 1.32. The molecule has 0 aromatic carbocycles. The Hall–Kier alpha value is -1.18. The first kappa shape index (κ1) is 10.8. The molecule has 12 heavy (non-hydrogen) atoms. The predicted octanol–water partition coefficient (Wildman–Crippen LogP) is 3.50. The minimum Gasteiger partial charge on any atom is -0.202 e. The van der Waals surface area contributed by atoms with Crippen LogP contribution in [0.25, 0.3) is 0 Å². The van der Waals surface area contributed by atoms with Gasteiger partial charge < -0.3 is 0 Å². The Balaban J connectivity index is 4.28. The van der Waals surface area contributed by atoms with Gasteiger partial charge in [0.15, 0.2) is 0 Å².